The number of aryl methyl sites for hydroxylation is 1. The number of esters is 1. The first-order valence-electron chi connectivity index (χ1n) is 5.86. The van der Waals surface area contributed by atoms with E-state index in [0.717, 1.165) is 3.57 Å². The molecule has 0 aliphatic carbocycles. The Labute approximate surface area is 134 Å². The molecular formula is C14H11FIN3O2. The fourth-order valence-electron chi connectivity index (χ4n) is 1.99. The molecule has 2 rings (SSSR count). The van der Waals surface area contributed by atoms with Crippen LogP contribution in [0.2, 0.25) is 0 Å². The number of rotatable bonds is 2. The molecule has 0 aliphatic rings. The highest BCUT2D eigenvalue weighted by Crippen LogP contribution is 2.29. The van der Waals surface area contributed by atoms with Gasteiger partial charge in [0.2, 0.25) is 0 Å². The van der Waals surface area contributed by atoms with E-state index in [1.165, 1.54) is 30.0 Å². The van der Waals surface area contributed by atoms with Gasteiger partial charge >= 0.3 is 5.97 Å². The van der Waals surface area contributed by atoms with E-state index in [1.807, 2.05) is 28.7 Å². The van der Waals surface area contributed by atoms with Crippen molar-refractivity contribution in [2.24, 2.45) is 0 Å². The van der Waals surface area contributed by atoms with Gasteiger partial charge in [-0.3, -0.25) is 0 Å². The third kappa shape index (κ3) is 2.58. The molecule has 5 nitrogen and oxygen atoms in total. The zero-order valence-corrected chi connectivity index (χ0v) is 13.4. The van der Waals surface area contributed by atoms with E-state index in [2.05, 4.69) is 0 Å². The number of nitrogen functional groups attached to an aromatic ring is 1. The van der Waals surface area contributed by atoms with Crippen LogP contribution >= 0.6 is 22.6 Å². The monoisotopic (exact) mass is 399 g/mol. The summed E-state index contributed by atoms with van der Waals surface area (Å²) in [6, 6.07) is 4.57. The zero-order valence-electron chi connectivity index (χ0n) is 11.3. The highest BCUT2D eigenvalue weighted by molar-refractivity contribution is 14.1. The minimum absolute atomic E-state index is 0.0111. The van der Waals surface area contributed by atoms with Gasteiger partial charge < -0.3 is 15.0 Å². The Balaban J connectivity index is 2.82. The molecule has 21 heavy (non-hydrogen) atoms. The summed E-state index contributed by atoms with van der Waals surface area (Å²) in [5, 5.41) is 9.06. The molecule has 0 bridgehead atoms. The van der Waals surface area contributed by atoms with E-state index >= 15 is 0 Å². The van der Waals surface area contributed by atoms with Crippen LogP contribution in [0.5, 0.6) is 0 Å². The Morgan fingerprint density at radius 2 is 2.19 bits per heavy atom. The Kier molecular flexibility index (Phi) is 4.18. The van der Waals surface area contributed by atoms with Crippen LogP contribution in [0.4, 0.5) is 10.1 Å². The average molecular weight is 399 g/mol. The van der Waals surface area contributed by atoms with Crippen LogP contribution in [0.3, 0.4) is 0 Å². The standard InChI is InChI=1S/C14H11FIN3O2/c1-7-3-9(15)4-10(11(7)16)19-6-8(5-17)12(18)13(19)14(20)21-2/h3-4,6H,18H2,1-2H3. The second-order valence-corrected chi connectivity index (χ2v) is 5.41. The predicted molar refractivity (Wildman–Crippen MR) is 83.6 cm³/mol. The fraction of sp³-hybridized carbons (Fsp3) is 0.143. The summed E-state index contributed by atoms with van der Waals surface area (Å²) >= 11 is 2.05. The molecule has 7 heteroatoms. The average Bonchev–Trinajstić information content (AvgIpc) is 2.78. The van der Waals surface area contributed by atoms with Gasteiger partial charge in [-0.05, 0) is 47.2 Å². The maximum Gasteiger partial charge on any atom is 0.357 e. The van der Waals surface area contributed by atoms with Crippen LogP contribution in [-0.4, -0.2) is 17.6 Å². The molecule has 1 aromatic carbocycles. The van der Waals surface area contributed by atoms with Crippen molar-refractivity contribution in [1.82, 2.24) is 4.57 Å². The molecule has 1 heterocycles. The van der Waals surface area contributed by atoms with Gasteiger partial charge in [0.15, 0.2) is 5.69 Å². The summed E-state index contributed by atoms with van der Waals surface area (Å²) in [5.74, 6) is -1.13. The second kappa shape index (κ2) is 5.73. The zero-order chi connectivity index (χ0) is 15.7. The van der Waals surface area contributed by atoms with Gasteiger partial charge in [-0.25, -0.2) is 9.18 Å². The van der Waals surface area contributed by atoms with Crippen molar-refractivity contribution in [3.63, 3.8) is 0 Å². The SMILES string of the molecule is COC(=O)c1c(N)c(C#N)cn1-c1cc(F)cc(C)c1I. The van der Waals surface area contributed by atoms with E-state index < -0.39 is 11.8 Å². The smallest absolute Gasteiger partial charge is 0.357 e. The number of carbonyl (C=O) groups is 1. The molecule has 0 unspecified atom stereocenters. The van der Waals surface area contributed by atoms with Gasteiger partial charge in [0.05, 0.1) is 24.0 Å². The lowest BCUT2D eigenvalue weighted by Gasteiger charge is -2.12. The van der Waals surface area contributed by atoms with Gasteiger partial charge in [0.25, 0.3) is 0 Å². The van der Waals surface area contributed by atoms with Crippen molar-refractivity contribution in [2.45, 2.75) is 6.92 Å². The lowest BCUT2D eigenvalue weighted by Crippen LogP contribution is -2.12. The maximum atomic E-state index is 13.7. The summed E-state index contributed by atoms with van der Waals surface area (Å²) in [6.45, 7) is 1.75. The third-order valence-corrected chi connectivity index (χ3v) is 4.41. The van der Waals surface area contributed by atoms with Crippen LogP contribution in [0.25, 0.3) is 5.69 Å². The van der Waals surface area contributed by atoms with Crippen LogP contribution in [-0.2, 0) is 4.74 Å². The molecule has 0 saturated heterocycles. The molecule has 2 N–H and O–H groups in total. The molecule has 2 aromatic rings. The first-order chi connectivity index (χ1) is 9.90. The molecule has 0 aliphatic heterocycles. The number of benzene rings is 1. The van der Waals surface area contributed by atoms with E-state index in [9.17, 15) is 9.18 Å². The van der Waals surface area contributed by atoms with Crippen LogP contribution in [0.1, 0.15) is 21.6 Å². The molecule has 0 spiro atoms. The quantitative estimate of drug-likeness (QED) is 0.622. The van der Waals surface area contributed by atoms with Crippen molar-refractivity contribution >= 4 is 34.2 Å². The fourth-order valence-corrected chi connectivity index (χ4v) is 2.56. The first-order valence-corrected chi connectivity index (χ1v) is 6.93. The minimum atomic E-state index is -0.688. The molecule has 0 saturated carbocycles. The number of halogens is 2. The molecule has 108 valence electrons. The number of ether oxygens (including phenoxy) is 1. The number of nitrogens with two attached hydrogens (primary N) is 1. The summed E-state index contributed by atoms with van der Waals surface area (Å²) in [5.41, 5.74) is 7.12. The van der Waals surface area contributed by atoms with E-state index in [-0.39, 0.29) is 16.9 Å². The van der Waals surface area contributed by atoms with Gasteiger partial charge in [-0.2, -0.15) is 5.26 Å². The highest BCUT2D eigenvalue weighted by Gasteiger charge is 2.23. The number of methoxy groups -OCH3 is 1. The van der Waals surface area contributed by atoms with Crippen molar-refractivity contribution in [1.29, 1.82) is 5.26 Å². The number of anilines is 1. The summed E-state index contributed by atoms with van der Waals surface area (Å²) < 4.78 is 20.5. The maximum absolute atomic E-state index is 13.7. The van der Waals surface area contributed by atoms with E-state index in [0.29, 0.717) is 11.3 Å². The Hall–Kier alpha value is -2.08. The number of carbonyl (C=O) groups excluding carboxylic acids is 1. The van der Waals surface area contributed by atoms with Crippen LogP contribution in [0.15, 0.2) is 18.3 Å². The van der Waals surface area contributed by atoms with Crippen molar-refractivity contribution in [2.75, 3.05) is 12.8 Å². The minimum Gasteiger partial charge on any atom is -0.464 e. The van der Waals surface area contributed by atoms with Crippen molar-refractivity contribution < 1.29 is 13.9 Å². The molecule has 0 atom stereocenters. The molecule has 0 amide bonds. The van der Waals surface area contributed by atoms with E-state index in [1.54, 1.807) is 6.92 Å². The largest absolute Gasteiger partial charge is 0.464 e. The van der Waals surface area contributed by atoms with Crippen molar-refractivity contribution in [3.05, 3.63) is 44.5 Å². The summed E-state index contributed by atoms with van der Waals surface area (Å²) in [7, 11) is 1.22. The number of hydrogen-bond acceptors (Lipinski definition) is 4. The van der Waals surface area contributed by atoms with Gasteiger partial charge in [-0.15, -0.1) is 0 Å². The number of nitrogens with zero attached hydrogens (tertiary/aromatic N) is 2. The topological polar surface area (TPSA) is 81.0 Å². The Morgan fingerprint density at radius 1 is 1.52 bits per heavy atom. The Morgan fingerprint density at radius 3 is 2.76 bits per heavy atom. The second-order valence-electron chi connectivity index (χ2n) is 4.33. The number of aromatic nitrogens is 1. The van der Waals surface area contributed by atoms with Crippen LogP contribution < -0.4 is 5.73 Å². The van der Waals surface area contributed by atoms with Gasteiger partial charge in [0, 0.05) is 9.77 Å². The normalized spacial score (nSPS) is 10.2. The third-order valence-electron chi connectivity index (χ3n) is 3.00. The highest BCUT2D eigenvalue weighted by atomic mass is 127. The van der Waals surface area contributed by atoms with Crippen LogP contribution in [0, 0.1) is 27.6 Å². The molecule has 0 fully saturated rings. The molecule has 0 radical (unpaired) electrons. The number of nitriles is 1. The molecular weight excluding hydrogens is 388 g/mol. The lowest BCUT2D eigenvalue weighted by atomic mass is 10.2. The summed E-state index contributed by atoms with van der Waals surface area (Å²) in [4.78, 5) is 11.9. The van der Waals surface area contributed by atoms with Gasteiger partial charge in [-0.1, -0.05) is 0 Å². The molecule has 1 aromatic heterocycles. The van der Waals surface area contributed by atoms with E-state index in [4.69, 9.17) is 15.7 Å². The predicted octanol–water partition coefficient (Wildman–Crippen LogP) is 2.77. The Bertz CT molecular complexity index is 778. The summed E-state index contributed by atoms with van der Waals surface area (Å²) in [6.07, 6.45) is 1.40. The van der Waals surface area contributed by atoms with Crippen molar-refractivity contribution in [3.8, 4) is 11.8 Å². The first kappa shape index (κ1) is 15.3. The van der Waals surface area contributed by atoms with Gasteiger partial charge in [0.1, 0.15) is 11.9 Å². The number of hydrogen-bond donors (Lipinski definition) is 1. The lowest BCUT2D eigenvalue weighted by molar-refractivity contribution is 0.0593.